The normalized spacial score (nSPS) is 14.2. The van der Waals surface area contributed by atoms with E-state index < -0.39 is 172 Å². The Hall–Kier alpha value is -7.07. The highest BCUT2D eigenvalue weighted by Crippen LogP contribution is 2.28. The van der Waals surface area contributed by atoms with Crippen LogP contribution < -0.4 is 58.5 Å². The Morgan fingerprint density at radius 1 is 0.243 bits per heavy atom. The Morgan fingerprint density at radius 2 is 0.443 bits per heavy atom. The minimum atomic E-state index is -1.82. The van der Waals surface area contributed by atoms with Crippen LogP contribution in [0.25, 0.3) is 0 Å². The topological polar surface area (TPSA) is 455 Å². The lowest BCUT2D eigenvalue weighted by molar-refractivity contribution is -0.184. The minimum absolute atomic E-state index is 0.00490. The molecule has 0 aliphatic rings. The van der Waals surface area contributed by atoms with Gasteiger partial charge in [-0.3, -0.25) is 19.2 Å². The lowest BCUT2D eigenvalue weighted by Crippen LogP contribution is -2.47. The Labute approximate surface area is 873 Å². The number of carbonyl (C=O) groups excluding carboxylic acids is 7. The molecule has 0 aliphatic heterocycles. The van der Waals surface area contributed by atoms with Crippen LogP contribution in [0, 0.1) is 45.3 Å². The van der Waals surface area contributed by atoms with Crippen LogP contribution in [-0.4, -0.2) is 342 Å². The molecule has 0 aromatic rings. The van der Waals surface area contributed by atoms with Gasteiger partial charge in [-0.2, -0.15) is 0 Å². The van der Waals surface area contributed by atoms with Gasteiger partial charge in [-0.15, -0.1) is 0 Å². The molecule has 0 fully saturated rings. The van der Waals surface area contributed by atoms with Crippen molar-refractivity contribution in [3.05, 3.63) is 0 Å². The number of rotatable bonds is 69. The first-order valence-electron chi connectivity index (χ1n) is 47.3. The van der Waals surface area contributed by atoms with E-state index in [1.165, 1.54) is 34.7 Å². The van der Waals surface area contributed by atoms with Gasteiger partial charge in [0.1, 0.15) is 105 Å². The minimum Gasteiger partial charge on any atom is -0.470 e. The molecule has 11 N–H and O–H groups in total. The second kappa shape index (κ2) is 72.2. The van der Waals surface area contributed by atoms with Gasteiger partial charge in [-0.25, -0.2) is 14.4 Å². The predicted octanol–water partition coefficient (Wildman–Crippen LogP) is 10.1. The molecule has 0 aromatic heterocycles. The Kier molecular flexibility index (Phi) is 68.6. The van der Waals surface area contributed by atoms with Crippen LogP contribution in [-0.2, 0) is 123 Å². The number of ether oxygens (including phenoxy) is 22. The van der Waals surface area contributed by atoms with Gasteiger partial charge < -0.3 is 163 Å². The monoisotopic (exact) mass is 2150 g/mol. The van der Waals surface area contributed by atoms with E-state index in [4.69, 9.17) is 202 Å². The van der Waals surface area contributed by atoms with Crippen LogP contribution in [0.15, 0.2) is 0 Å². The molecule has 0 radical (unpaired) electrons. The standard InChI is InChI=1S/C92H167N11O29S8/c1-61(2)45-65(9)100-82(137)124-55-90(23,56-125-83(138)101-66(10)46-62(3)4)72(105)119-52-70(129-74(107)92(25,59-126-84(139)102-67(11)47-63(5)6)60-127-85(140)103-68(12)48-64(7)8)50-117-49-69(128-73(106)91(24,57-120-78(133)93-26)58-123-81(136)99-32-38-116-44-41-113-35-29-96-77(110)132-88(19,20)21)51-118-71(104)89(22,53-121-79(134)97-30-36-114-42-39-111-33-27-94-75(108)130-86(13,14)15)54-122-80(135)98-31-37-115-43-40-112-34-28-95-76(109)131-87(16,17)18/h61-70H,27-60H2,1-26H3,(H,93,133)(H,94,108)(H,95,109)(H,96,110)(H,97,134)(H,98,135)(H,99,136)(H,100,137)(H,101,138)(H,102,139)(H,103,140). The van der Waals surface area contributed by atoms with Crippen LogP contribution in [0.4, 0.5) is 14.4 Å². The Bertz CT molecular complexity index is 3550. The maximum Gasteiger partial charge on any atom is 0.407 e. The van der Waals surface area contributed by atoms with Gasteiger partial charge in [0.05, 0.1) is 92.5 Å². The smallest absolute Gasteiger partial charge is 0.407 e. The van der Waals surface area contributed by atoms with Gasteiger partial charge in [0.25, 0.3) is 41.4 Å². The first-order valence-corrected chi connectivity index (χ1v) is 50.6. The van der Waals surface area contributed by atoms with Crippen molar-refractivity contribution >= 4 is 181 Å². The highest BCUT2D eigenvalue weighted by atomic mass is 32.1. The fourth-order valence-corrected chi connectivity index (χ4v) is 13.4. The van der Waals surface area contributed by atoms with Gasteiger partial charge in [-0.05, 0) is 265 Å². The maximum atomic E-state index is 15.4. The van der Waals surface area contributed by atoms with E-state index in [0.29, 0.717) is 11.8 Å². The van der Waals surface area contributed by atoms with E-state index in [1.807, 2.05) is 27.7 Å². The van der Waals surface area contributed by atoms with Crippen LogP contribution in [0.5, 0.6) is 0 Å². The maximum absolute atomic E-state index is 15.4. The molecule has 0 heterocycles. The first kappa shape index (κ1) is 133. The van der Waals surface area contributed by atoms with E-state index in [-0.39, 0.29) is 196 Å². The zero-order chi connectivity index (χ0) is 106. The molecule has 3 amide bonds. The molecule has 0 saturated heterocycles. The Morgan fingerprint density at radius 3 is 0.650 bits per heavy atom. The summed E-state index contributed by atoms with van der Waals surface area (Å²) in [4.78, 5) is 97.2. The molecular weight excluding hydrogens is 1980 g/mol. The van der Waals surface area contributed by atoms with Gasteiger partial charge in [-0.1, -0.05) is 55.4 Å². The van der Waals surface area contributed by atoms with Crippen molar-refractivity contribution < 1.29 is 138 Å². The summed E-state index contributed by atoms with van der Waals surface area (Å²) in [5, 5.41) is 31.4. The van der Waals surface area contributed by atoms with E-state index in [0.717, 1.165) is 25.7 Å². The molecule has 0 spiro atoms. The summed E-state index contributed by atoms with van der Waals surface area (Å²) in [6.45, 7) is 42.6. The van der Waals surface area contributed by atoms with Gasteiger partial charge in [0.15, 0.2) is 12.2 Å². The summed E-state index contributed by atoms with van der Waals surface area (Å²) < 4.78 is 130. The largest absolute Gasteiger partial charge is 0.470 e. The summed E-state index contributed by atoms with van der Waals surface area (Å²) in [6.07, 6.45) is -1.98. The van der Waals surface area contributed by atoms with Crippen LogP contribution in [0.1, 0.15) is 199 Å². The lowest BCUT2D eigenvalue weighted by atomic mass is 9.93. The summed E-state index contributed by atoms with van der Waals surface area (Å²) in [5.41, 5.74) is -9.09. The molecule has 40 nitrogen and oxygen atoms in total. The fraction of sp³-hybridized carbons (Fsp3) is 0.837. The van der Waals surface area contributed by atoms with Crippen molar-refractivity contribution in [3.63, 3.8) is 0 Å². The summed E-state index contributed by atoms with van der Waals surface area (Å²) in [7, 11) is 1.51. The van der Waals surface area contributed by atoms with Gasteiger partial charge >= 0.3 is 42.2 Å². The molecule has 0 aliphatic carbocycles. The average molecular weight is 2150 g/mol. The number of hydrogen-bond acceptors (Lipinski definition) is 37. The van der Waals surface area contributed by atoms with Crippen LogP contribution in [0.3, 0.4) is 0 Å². The third-order valence-electron chi connectivity index (χ3n) is 18.5. The molecule has 0 bridgehead atoms. The second-order valence-corrected chi connectivity index (χ2v) is 42.3. The molecule has 48 heteroatoms. The van der Waals surface area contributed by atoms with Crippen molar-refractivity contribution in [2.75, 3.05) is 205 Å². The molecule has 0 saturated carbocycles. The number of amides is 3. The number of thiocarbonyl (C=S) groups is 8. The average Bonchev–Trinajstić information content (AvgIpc) is 0.836. The van der Waals surface area contributed by atoms with Crippen molar-refractivity contribution in [1.29, 1.82) is 0 Å². The zero-order valence-electron chi connectivity index (χ0n) is 87.4. The van der Waals surface area contributed by atoms with E-state index >= 15 is 19.2 Å². The predicted molar refractivity (Wildman–Crippen MR) is 562 cm³/mol. The number of hydrogen-bond donors (Lipinski definition) is 11. The quantitative estimate of drug-likeness (QED) is 0.0117. The second-order valence-electron chi connectivity index (χ2n) is 39.3. The summed E-state index contributed by atoms with van der Waals surface area (Å²) >= 11 is 44.9. The highest BCUT2D eigenvalue weighted by Gasteiger charge is 2.45. The summed E-state index contributed by atoms with van der Waals surface area (Å²) in [5.74, 6) is -2.77. The third-order valence-corrected chi connectivity index (χ3v) is 20.5. The van der Waals surface area contributed by atoms with E-state index in [1.54, 1.807) is 62.3 Å². The van der Waals surface area contributed by atoms with Crippen LogP contribution >= 0.6 is 97.7 Å². The zero-order valence-corrected chi connectivity index (χ0v) is 94.0. The van der Waals surface area contributed by atoms with Crippen molar-refractivity contribution in [1.82, 2.24) is 58.5 Å². The Balaban J connectivity index is 8.29. The SMILES string of the molecule is CNC(=S)OCC(C)(COC(=S)NCCOCCOCCNC(=O)OC(C)(C)C)C(=O)OC(COCC(COC(=O)C(C)(COC(=S)NC(C)CC(C)C)COC(=S)NC(C)CC(C)C)OC(=O)C(C)(COC(=S)NC(C)CC(C)C)COC(=S)NC(C)CC(C)C)COC(=O)C(C)(COC(=S)NCCOCCOCCNC(=O)OC(C)(C)C)COC(=S)NCCOCCOCCNC(=O)OC(C)(C)C. The van der Waals surface area contributed by atoms with Crippen molar-refractivity contribution in [2.45, 2.75) is 252 Å². The first-order chi connectivity index (χ1) is 65.3. The van der Waals surface area contributed by atoms with Gasteiger partial charge in [0, 0.05) is 70.5 Å². The van der Waals surface area contributed by atoms with E-state index in [9.17, 15) is 14.4 Å². The van der Waals surface area contributed by atoms with Crippen LogP contribution in [0.2, 0.25) is 0 Å². The van der Waals surface area contributed by atoms with Gasteiger partial charge in [0.2, 0.25) is 0 Å². The fourth-order valence-electron chi connectivity index (χ4n) is 11.8. The number of nitrogens with one attached hydrogen (secondary N) is 11. The molecule has 7 atom stereocenters. The molecule has 0 rings (SSSR count). The number of esters is 4. The molecule has 812 valence electrons. The summed E-state index contributed by atoms with van der Waals surface area (Å²) in [6, 6.07) is -0.505. The molecule has 7 unspecified atom stereocenters. The highest BCUT2D eigenvalue weighted by molar-refractivity contribution is 7.81. The number of alkyl carbamates (subject to hydrolysis) is 3. The number of carbonyl (C=O) groups is 7. The van der Waals surface area contributed by atoms with E-state index in [2.05, 4.69) is 114 Å². The molecular formula is C92H167N11O29S8. The molecule has 0 aromatic carbocycles. The molecule has 140 heavy (non-hydrogen) atoms. The van der Waals surface area contributed by atoms with Crippen molar-refractivity contribution in [2.24, 2.45) is 45.3 Å². The lowest BCUT2D eigenvalue weighted by Gasteiger charge is -2.32. The van der Waals surface area contributed by atoms with Crippen molar-refractivity contribution in [3.8, 4) is 0 Å². The third kappa shape index (κ3) is 70.6.